The zero-order chi connectivity index (χ0) is 19.2. The molecule has 25 heavy (non-hydrogen) atoms. The Morgan fingerprint density at radius 1 is 1.08 bits per heavy atom. The van der Waals surface area contributed by atoms with E-state index in [1.807, 2.05) is 0 Å². The molecule has 0 saturated heterocycles. The Morgan fingerprint density at radius 3 is 2.00 bits per heavy atom. The van der Waals surface area contributed by atoms with E-state index in [9.17, 15) is 22.6 Å². The maximum Gasteiger partial charge on any atom is 0.274 e. The van der Waals surface area contributed by atoms with Crippen molar-refractivity contribution in [2.45, 2.75) is 4.90 Å². The van der Waals surface area contributed by atoms with Gasteiger partial charge in [-0.05, 0) is 12.1 Å². The summed E-state index contributed by atoms with van der Waals surface area (Å²) in [7, 11) is 2.29. The summed E-state index contributed by atoms with van der Waals surface area (Å²) in [6.45, 7) is 0. The molecule has 9 nitrogen and oxygen atoms in total. The molecule has 0 saturated carbocycles. The second kappa shape index (κ2) is 8.40. The van der Waals surface area contributed by atoms with Crippen LogP contribution in [0, 0.1) is 0 Å². The minimum absolute atomic E-state index is 0.185. The number of carbonyl (C=O) groups is 2. The van der Waals surface area contributed by atoms with Crippen molar-refractivity contribution in [3.05, 3.63) is 47.8 Å². The van der Waals surface area contributed by atoms with Gasteiger partial charge in [-0.25, -0.2) is 8.42 Å². The summed E-state index contributed by atoms with van der Waals surface area (Å²) in [5.41, 5.74) is 0.709. The zero-order valence-corrected chi connectivity index (χ0v) is 15.1. The zero-order valence-electron chi connectivity index (χ0n) is 14.3. The van der Waals surface area contributed by atoms with Crippen LogP contribution < -0.4 is 15.3 Å². The van der Waals surface area contributed by atoms with Crippen molar-refractivity contribution in [3.63, 3.8) is 0 Å². The van der Waals surface area contributed by atoms with E-state index in [1.54, 1.807) is 35.7 Å². The summed E-state index contributed by atoms with van der Waals surface area (Å²) in [4.78, 5) is 22.9. The lowest BCUT2D eigenvalue weighted by Crippen LogP contribution is -2.38. The van der Waals surface area contributed by atoms with Gasteiger partial charge < -0.3 is 15.2 Å². The van der Waals surface area contributed by atoms with Gasteiger partial charge in [0, 0.05) is 14.1 Å². The summed E-state index contributed by atoms with van der Waals surface area (Å²) in [5, 5.41) is 5.00. The van der Waals surface area contributed by atoms with E-state index in [2.05, 4.69) is 10.6 Å². The van der Waals surface area contributed by atoms with Crippen LogP contribution in [0.5, 0.6) is 0 Å². The van der Waals surface area contributed by atoms with Gasteiger partial charge in [0.05, 0.1) is 11.9 Å². The maximum absolute atomic E-state index is 11.6. The van der Waals surface area contributed by atoms with E-state index in [1.165, 1.54) is 38.4 Å². The molecule has 0 unspecified atom stereocenters. The van der Waals surface area contributed by atoms with Crippen molar-refractivity contribution >= 4 is 21.9 Å². The molecule has 2 aromatic rings. The summed E-state index contributed by atoms with van der Waals surface area (Å²) in [6, 6.07) is 7.19. The van der Waals surface area contributed by atoms with Crippen molar-refractivity contribution < 1.29 is 27.2 Å². The quantitative estimate of drug-likeness (QED) is 0.540. The van der Waals surface area contributed by atoms with Crippen LogP contribution >= 0.6 is 0 Å². The standard InChI is InChI=1S/C9H14N4O2.C6H6O3S/c1-10-8(14)6-5-12(3)13(4)7(6)9(15)11-2;7-10(8,9)6-4-2-1-3-5-6/h5H,1-4H3,(H-,10,11,14,15);1-5H,(H,7,8,9). The number of nitrogens with zero attached hydrogens (tertiary/aromatic N) is 2. The molecular weight excluding hydrogens is 348 g/mol. The fraction of sp³-hybridized carbons (Fsp3) is 0.267. The molecule has 0 aliphatic heterocycles. The summed E-state index contributed by atoms with van der Waals surface area (Å²) < 4.78 is 34.1. The number of aryl methyl sites for hydroxylation is 1. The SMILES string of the molecule is CNC(=O)c1c[n+](C)n(C)c1C(=O)NC.O=S(=O)([O-])c1ccccc1. The van der Waals surface area contributed by atoms with E-state index < -0.39 is 10.1 Å². The molecule has 0 bridgehead atoms. The minimum Gasteiger partial charge on any atom is -0.744 e. The smallest absolute Gasteiger partial charge is 0.274 e. The van der Waals surface area contributed by atoms with E-state index in [0.29, 0.717) is 11.3 Å². The third-order valence-electron chi connectivity index (χ3n) is 3.31. The topological polar surface area (TPSA) is 124 Å². The van der Waals surface area contributed by atoms with Gasteiger partial charge in [-0.1, -0.05) is 18.2 Å². The van der Waals surface area contributed by atoms with Gasteiger partial charge in [0.15, 0.2) is 12.7 Å². The monoisotopic (exact) mass is 368 g/mol. The lowest BCUT2D eigenvalue weighted by atomic mass is 10.2. The Kier molecular flexibility index (Phi) is 6.83. The largest absolute Gasteiger partial charge is 0.744 e. The second-order valence-corrected chi connectivity index (χ2v) is 6.29. The molecule has 1 heterocycles. The third kappa shape index (κ3) is 5.13. The van der Waals surface area contributed by atoms with Crippen LogP contribution in [0.4, 0.5) is 0 Å². The van der Waals surface area contributed by atoms with Gasteiger partial charge in [-0.2, -0.15) is 4.68 Å². The Bertz CT molecular complexity index is 860. The molecule has 136 valence electrons. The molecule has 0 fully saturated rings. The van der Waals surface area contributed by atoms with Crippen LogP contribution in [0.3, 0.4) is 0 Å². The van der Waals surface area contributed by atoms with Gasteiger partial charge in [-0.3, -0.25) is 9.59 Å². The number of amides is 2. The van der Waals surface area contributed by atoms with E-state index in [-0.39, 0.29) is 16.7 Å². The molecule has 0 radical (unpaired) electrons. The molecule has 10 heteroatoms. The van der Waals surface area contributed by atoms with E-state index in [0.717, 1.165) is 0 Å². The summed E-state index contributed by atoms with van der Waals surface area (Å²) in [6.07, 6.45) is 1.61. The highest BCUT2D eigenvalue weighted by atomic mass is 32.2. The maximum atomic E-state index is 11.6. The molecule has 2 rings (SSSR count). The lowest BCUT2D eigenvalue weighted by molar-refractivity contribution is -0.751. The number of hydrogen-bond donors (Lipinski definition) is 2. The van der Waals surface area contributed by atoms with Crippen LogP contribution in [0.15, 0.2) is 41.4 Å². The number of aromatic nitrogens is 2. The Morgan fingerprint density at radius 2 is 1.60 bits per heavy atom. The van der Waals surface area contributed by atoms with Crippen LogP contribution in [-0.4, -0.2) is 43.6 Å². The average Bonchev–Trinajstić information content (AvgIpc) is 2.89. The van der Waals surface area contributed by atoms with Gasteiger partial charge >= 0.3 is 0 Å². The van der Waals surface area contributed by atoms with E-state index >= 15 is 0 Å². The fourth-order valence-electron chi connectivity index (χ4n) is 1.94. The number of rotatable bonds is 3. The highest BCUT2D eigenvalue weighted by molar-refractivity contribution is 7.85. The third-order valence-corrected chi connectivity index (χ3v) is 4.16. The predicted octanol–water partition coefficient (Wildman–Crippen LogP) is -0.840. The Balaban J connectivity index is 0.000000271. The molecule has 0 spiro atoms. The highest BCUT2D eigenvalue weighted by Crippen LogP contribution is 2.06. The first-order valence-electron chi connectivity index (χ1n) is 7.14. The molecule has 2 amide bonds. The van der Waals surface area contributed by atoms with Crippen LogP contribution in [-0.2, 0) is 24.2 Å². The number of benzene rings is 1. The van der Waals surface area contributed by atoms with Crippen molar-refractivity contribution in [3.8, 4) is 0 Å². The lowest BCUT2D eigenvalue weighted by Gasteiger charge is -2.04. The molecular formula is C15H20N4O5S. The van der Waals surface area contributed by atoms with Gasteiger partial charge in [-0.15, -0.1) is 4.68 Å². The van der Waals surface area contributed by atoms with Gasteiger partial charge in [0.25, 0.3) is 11.8 Å². The average molecular weight is 368 g/mol. The van der Waals surface area contributed by atoms with Crippen molar-refractivity contribution in [1.29, 1.82) is 0 Å². The van der Waals surface area contributed by atoms with Crippen molar-refractivity contribution in [2.75, 3.05) is 14.1 Å². The first kappa shape index (κ1) is 20.3. The number of hydrogen-bond acceptors (Lipinski definition) is 5. The molecule has 0 aliphatic carbocycles. The fourth-order valence-corrected chi connectivity index (χ4v) is 2.43. The van der Waals surface area contributed by atoms with Crippen LogP contribution in [0.2, 0.25) is 0 Å². The van der Waals surface area contributed by atoms with Crippen LogP contribution in [0.25, 0.3) is 0 Å². The van der Waals surface area contributed by atoms with Gasteiger partial charge in [0.2, 0.25) is 6.20 Å². The predicted molar refractivity (Wildman–Crippen MR) is 87.8 cm³/mol. The van der Waals surface area contributed by atoms with Crippen molar-refractivity contribution in [1.82, 2.24) is 15.3 Å². The van der Waals surface area contributed by atoms with Crippen molar-refractivity contribution in [2.24, 2.45) is 14.1 Å². The minimum atomic E-state index is -4.25. The van der Waals surface area contributed by atoms with Gasteiger partial charge in [0.1, 0.15) is 15.7 Å². The summed E-state index contributed by atoms with van der Waals surface area (Å²) in [5.74, 6) is -0.554. The Labute approximate surface area is 146 Å². The number of nitrogens with one attached hydrogen (secondary N) is 2. The first-order chi connectivity index (χ1) is 11.6. The molecule has 1 aromatic carbocycles. The number of carbonyl (C=O) groups excluding carboxylic acids is 2. The second-order valence-electron chi connectivity index (χ2n) is 4.91. The molecule has 2 N–H and O–H groups in total. The molecule has 0 aliphatic rings. The first-order valence-corrected chi connectivity index (χ1v) is 8.55. The normalized spacial score (nSPS) is 10.4. The summed E-state index contributed by atoms with van der Waals surface area (Å²) >= 11 is 0. The molecule has 0 atom stereocenters. The van der Waals surface area contributed by atoms with E-state index in [4.69, 9.17) is 0 Å². The van der Waals surface area contributed by atoms with Crippen LogP contribution in [0.1, 0.15) is 20.8 Å². The Hall–Kier alpha value is -2.72. The molecule has 1 aromatic heterocycles. The highest BCUT2D eigenvalue weighted by Gasteiger charge is 2.26.